The van der Waals surface area contributed by atoms with E-state index in [1.807, 2.05) is 14.1 Å². The zero-order valence-corrected chi connectivity index (χ0v) is 10.5. The van der Waals surface area contributed by atoms with Gasteiger partial charge in [-0.2, -0.15) is 0 Å². The normalized spacial score (nSPS) is 10.1. The zero-order valence-electron chi connectivity index (χ0n) is 7.36. The molecular weight excluding hydrogens is 282 g/mol. The van der Waals surface area contributed by atoms with Gasteiger partial charge in [-0.1, -0.05) is 15.9 Å². The summed E-state index contributed by atoms with van der Waals surface area (Å²) in [7, 11) is 4.09. The van der Waals surface area contributed by atoms with Crippen molar-refractivity contribution in [1.29, 1.82) is 0 Å². The van der Waals surface area contributed by atoms with Crippen molar-refractivity contribution in [2.45, 2.75) is 6.92 Å². The first-order valence-electron chi connectivity index (χ1n) is 3.65. The van der Waals surface area contributed by atoms with Crippen LogP contribution in [0.5, 0.6) is 0 Å². The van der Waals surface area contributed by atoms with Gasteiger partial charge in [-0.25, -0.2) is 0 Å². The molecule has 0 fully saturated rings. The summed E-state index contributed by atoms with van der Waals surface area (Å²) < 4.78 is 2.23. The molecule has 1 nitrogen and oxygen atoms in total. The Morgan fingerprint density at radius 1 is 1.17 bits per heavy atom. The average Bonchev–Trinajstić information content (AvgIpc) is 1.82. The molecule has 0 amide bonds. The Balaban J connectivity index is 3.28. The molecule has 0 radical (unpaired) electrons. The van der Waals surface area contributed by atoms with E-state index in [2.05, 4.69) is 55.8 Å². The molecule has 0 saturated heterocycles. The Bertz CT molecular complexity index is 272. The Hall–Kier alpha value is -0.0200. The Morgan fingerprint density at radius 3 is 2.17 bits per heavy atom. The number of aryl methyl sites for hydroxylation is 1. The van der Waals surface area contributed by atoms with Crippen LogP contribution in [0.4, 0.5) is 5.69 Å². The second-order valence-corrected chi connectivity index (χ2v) is 4.72. The van der Waals surface area contributed by atoms with Crippen LogP contribution in [0.2, 0.25) is 0 Å². The van der Waals surface area contributed by atoms with Gasteiger partial charge >= 0.3 is 0 Å². The number of anilines is 1. The first-order chi connectivity index (χ1) is 5.52. The summed E-state index contributed by atoms with van der Waals surface area (Å²) in [5, 5.41) is 0. The highest BCUT2D eigenvalue weighted by atomic mass is 79.9. The number of benzene rings is 1. The number of nitrogens with zero attached hydrogens (tertiary/aromatic N) is 1. The number of rotatable bonds is 1. The summed E-state index contributed by atoms with van der Waals surface area (Å²) in [6.07, 6.45) is 0. The van der Waals surface area contributed by atoms with Crippen molar-refractivity contribution in [3.63, 3.8) is 0 Å². The Kier molecular flexibility index (Phi) is 3.18. The van der Waals surface area contributed by atoms with E-state index >= 15 is 0 Å². The molecule has 0 aliphatic heterocycles. The molecule has 1 aromatic rings. The molecule has 0 N–H and O–H groups in total. The molecule has 0 unspecified atom stereocenters. The van der Waals surface area contributed by atoms with Crippen LogP contribution >= 0.6 is 31.9 Å². The van der Waals surface area contributed by atoms with Crippen molar-refractivity contribution < 1.29 is 0 Å². The summed E-state index contributed by atoms with van der Waals surface area (Å²) in [6.45, 7) is 2.10. The zero-order chi connectivity index (χ0) is 9.30. The van der Waals surface area contributed by atoms with Gasteiger partial charge in [-0.05, 0) is 40.5 Å². The molecule has 12 heavy (non-hydrogen) atoms. The van der Waals surface area contributed by atoms with Crippen molar-refractivity contribution in [1.82, 2.24) is 0 Å². The summed E-state index contributed by atoms with van der Waals surface area (Å²) in [4.78, 5) is 2.10. The van der Waals surface area contributed by atoms with Gasteiger partial charge in [0.1, 0.15) is 0 Å². The second kappa shape index (κ2) is 3.79. The molecule has 0 aliphatic carbocycles. The minimum absolute atomic E-state index is 1.11. The van der Waals surface area contributed by atoms with Crippen LogP contribution in [0.25, 0.3) is 0 Å². The van der Waals surface area contributed by atoms with Crippen LogP contribution in [0.3, 0.4) is 0 Å². The van der Waals surface area contributed by atoms with Gasteiger partial charge < -0.3 is 4.90 Å². The van der Waals surface area contributed by atoms with Crippen LogP contribution < -0.4 is 4.90 Å². The van der Waals surface area contributed by atoms with E-state index in [0.29, 0.717) is 0 Å². The van der Waals surface area contributed by atoms with Gasteiger partial charge in [0.05, 0.1) is 5.69 Å². The van der Waals surface area contributed by atoms with E-state index in [0.717, 1.165) is 8.95 Å². The number of hydrogen-bond donors (Lipinski definition) is 0. The first-order valence-corrected chi connectivity index (χ1v) is 5.24. The van der Waals surface area contributed by atoms with E-state index < -0.39 is 0 Å². The van der Waals surface area contributed by atoms with Crippen LogP contribution in [0.1, 0.15) is 5.56 Å². The van der Waals surface area contributed by atoms with E-state index in [-0.39, 0.29) is 0 Å². The standard InChI is InChI=1S/C9H11Br2N/c1-6-4-7(10)5-8(11)9(6)12(2)3/h4-5H,1-3H3. The Morgan fingerprint density at radius 2 is 1.75 bits per heavy atom. The molecule has 0 atom stereocenters. The highest BCUT2D eigenvalue weighted by Crippen LogP contribution is 2.31. The topological polar surface area (TPSA) is 3.24 Å². The molecule has 0 aromatic heterocycles. The lowest BCUT2D eigenvalue weighted by molar-refractivity contribution is 1.10. The van der Waals surface area contributed by atoms with Crippen molar-refractivity contribution >= 4 is 37.5 Å². The summed E-state index contributed by atoms with van der Waals surface area (Å²) in [5.74, 6) is 0. The maximum absolute atomic E-state index is 3.53. The van der Waals surface area contributed by atoms with Crippen LogP contribution in [-0.4, -0.2) is 14.1 Å². The fraction of sp³-hybridized carbons (Fsp3) is 0.333. The molecule has 0 spiro atoms. The predicted octanol–water partition coefficient (Wildman–Crippen LogP) is 3.59. The van der Waals surface area contributed by atoms with E-state index in [1.54, 1.807) is 0 Å². The van der Waals surface area contributed by atoms with Crippen molar-refractivity contribution in [3.05, 3.63) is 26.6 Å². The molecule has 1 rings (SSSR count). The lowest BCUT2D eigenvalue weighted by Crippen LogP contribution is -2.10. The minimum Gasteiger partial charge on any atom is -0.377 e. The lowest BCUT2D eigenvalue weighted by Gasteiger charge is -2.17. The summed E-state index contributed by atoms with van der Waals surface area (Å²) in [5.41, 5.74) is 2.50. The van der Waals surface area contributed by atoms with Gasteiger partial charge in [-0.15, -0.1) is 0 Å². The molecule has 66 valence electrons. The van der Waals surface area contributed by atoms with Crippen molar-refractivity contribution in [3.8, 4) is 0 Å². The van der Waals surface area contributed by atoms with Crippen LogP contribution in [-0.2, 0) is 0 Å². The van der Waals surface area contributed by atoms with E-state index in [9.17, 15) is 0 Å². The van der Waals surface area contributed by atoms with E-state index in [1.165, 1.54) is 11.3 Å². The maximum atomic E-state index is 3.53. The van der Waals surface area contributed by atoms with Gasteiger partial charge in [0, 0.05) is 23.0 Å². The SMILES string of the molecule is Cc1cc(Br)cc(Br)c1N(C)C. The predicted molar refractivity (Wildman–Crippen MR) is 60.9 cm³/mol. The van der Waals surface area contributed by atoms with E-state index in [4.69, 9.17) is 0 Å². The highest BCUT2D eigenvalue weighted by Gasteiger charge is 2.06. The molecule has 1 aromatic carbocycles. The largest absolute Gasteiger partial charge is 0.377 e. The van der Waals surface area contributed by atoms with Crippen LogP contribution in [0, 0.1) is 6.92 Å². The number of halogens is 2. The highest BCUT2D eigenvalue weighted by molar-refractivity contribution is 9.11. The van der Waals surface area contributed by atoms with Gasteiger partial charge in [0.2, 0.25) is 0 Å². The molecular formula is C9H11Br2N. The summed E-state index contributed by atoms with van der Waals surface area (Å²) in [6, 6.07) is 4.17. The third-order valence-electron chi connectivity index (χ3n) is 1.67. The van der Waals surface area contributed by atoms with Gasteiger partial charge in [0.25, 0.3) is 0 Å². The quantitative estimate of drug-likeness (QED) is 0.765. The van der Waals surface area contributed by atoms with Crippen molar-refractivity contribution in [2.75, 3.05) is 19.0 Å². The maximum Gasteiger partial charge on any atom is 0.0535 e. The van der Waals surface area contributed by atoms with Crippen molar-refractivity contribution in [2.24, 2.45) is 0 Å². The monoisotopic (exact) mass is 291 g/mol. The second-order valence-electron chi connectivity index (χ2n) is 2.95. The molecule has 0 bridgehead atoms. The number of hydrogen-bond acceptors (Lipinski definition) is 1. The molecule has 0 aliphatic rings. The van der Waals surface area contributed by atoms with Crippen LogP contribution in [0.15, 0.2) is 21.1 Å². The lowest BCUT2D eigenvalue weighted by atomic mass is 10.2. The average molecular weight is 293 g/mol. The van der Waals surface area contributed by atoms with Gasteiger partial charge in [0.15, 0.2) is 0 Å². The Labute approximate surface area is 90.0 Å². The molecule has 3 heteroatoms. The third kappa shape index (κ3) is 2.02. The smallest absolute Gasteiger partial charge is 0.0535 e. The fourth-order valence-corrected chi connectivity index (χ4v) is 3.05. The van der Waals surface area contributed by atoms with Gasteiger partial charge in [-0.3, -0.25) is 0 Å². The fourth-order valence-electron chi connectivity index (χ4n) is 1.26. The minimum atomic E-state index is 1.11. The third-order valence-corrected chi connectivity index (χ3v) is 2.73. The molecule has 0 heterocycles. The summed E-state index contributed by atoms with van der Waals surface area (Å²) >= 11 is 6.97. The molecule has 0 saturated carbocycles. The first kappa shape index (κ1) is 10.1.